The first-order valence-electron chi connectivity index (χ1n) is 6.45. The molecule has 0 saturated carbocycles. The van der Waals surface area contributed by atoms with Crippen LogP contribution in [-0.4, -0.2) is 7.05 Å². The predicted octanol–water partition coefficient (Wildman–Crippen LogP) is 4.95. The first-order valence-corrected chi connectivity index (χ1v) is 7.65. The van der Waals surface area contributed by atoms with Crippen LogP contribution in [0.4, 0.5) is 0 Å². The van der Waals surface area contributed by atoms with Crippen molar-refractivity contribution in [1.29, 1.82) is 0 Å². The van der Waals surface area contributed by atoms with Crippen LogP contribution in [0.1, 0.15) is 35.9 Å². The van der Waals surface area contributed by atoms with Gasteiger partial charge >= 0.3 is 0 Å². The highest BCUT2D eigenvalue weighted by atomic mass is 35.5. The van der Waals surface area contributed by atoms with Gasteiger partial charge in [0.05, 0.1) is 10.4 Å². The fourth-order valence-electron chi connectivity index (χ4n) is 2.52. The summed E-state index contributed by atoms with van der Waals surface area (Å²) >= 11 is 7.89. The lowest BCUT2D eigenvalue weighted by Gasteiger charge is -2.34. The average molecular weight is 294 g/mol. The summed E-state index contributed by atoms with van der Waals surface area (Å²) in [7, 11) is 2.01. The molecule has 102 valence electrons. The van der Waals surface area contributed by atoms with E-state index in [1.807, 2.05) is 7.05 Å². The molecule has 1 unspecified atom stereocenters. The second-order valence-electron chi connectivity index (χ2n) is 5.41. The number of likely N-dealkylation sites (N-methyl/N-ethyl adjacent to an activating group) is 1. The number of halogens is 1. The Morgan fingerprint density at radius 2 is 1.84 bits per heavy atom. The molecule has 2 aromatic rings. The van der Waals surface area contributed by atoms with E-state index in [1.165, 1.54) is 10.4 Å². The molecule has 0 bridgehead atoms. The minimum atomic E-state index is 0.0105. The molecule has 1 aromatic carbocycles. The van der Waals surface area contributed by atoms with Gasteiger partial charge in [-0.25, -0.2) is 0 Å². The van der Waals surface area contributed by atoms with Crippen LogP contribution in [-0.2, 0) is 5.41 Å². The number of hydrogen-bond donors (Lipinski definition) is 1. The molecule has 1 heterocycles. The molecule has 3 heteroatoms. The van der Waals surface area contributed by atoms with E-state index in [0.29, 0.717) is 0 Å². The summed E-state index contributed by atoms with van der Waals surface area (Å²) in [5.74, 6) is 0. The normalized spacial score (nSPS) is 13.5. The van der Waals surface area contributed by atoms with Gasteiger partial charge in [0.15, 0.2) is 0 Å². The molecule has 19 heavy (non-hydrogen) atoms. The molecule has 1 aromatic heterocycles. The van der Waals surface area contributed by atoms with Crippen LogP contribution >= 0.6 is 22.9 Å². The number of aryl methyl sites for hydroxylation is 1. The Kier molecular flexibility index (Phi) is 4.34. The number of benzene rings is 1. The number of hydrogen-bond acceptors (Lipinski definition) is 2. The maximum absolute atomic E-state index is 6.22. The summed E-state index contributed by atoms with van der Waals surface area (Å²) in [6.45, 7) is 6.60. The van der Waals surface area contributed by atoms with Gasteiger partial charge in [-0.3, -0.25) is 0 Å². The Morgan fingerprint density at radius 3 is 2.32 bits per heavy atom. The van der Waals surface area contributed by atoms with Crippen LogP contribution in [0.3, 0.4) is 0 Å². The number of rotatable bonds is 4. The van der Waals surface area contributed by atoms with Crippen LogP contribution in [0.2, 0.25) is 4.34 Å². The molecule has 0 radical (unpaired) electrons. The maximum atomic E-state index is 6.22. The van der Waals surface area contributed by atoms with Crippen molar-refractivity contribution in [2.45, 2.75) is 32.2 Å². The summed E-state index contributed by atoms with van der Waals surface area (Å²) in [5, 5.41) is 3.45. The topological polar surface area (TPSA) is 12.0 Å². The quantitative estimate of drug-likeness (QED) is 0.841. The van der Waals surface area contributed by atoms with E-state index in [1.54, 1.807) is 11.3 Å². The Morgan fingerprint density at radius 1 is 1.21 bits per heavy atom. The molecule has 0 aliphatic carbocycles. The highest BCUT2D eigenvalue weighted by Gasteiger charge is 2.32. The lowest BCUT2D eigenvalue weighted by Crippen LogP contribution is -2.35. The largest absolute Gasteiger partial charge is 0.312 e. The van der Waals surface area contributed by atoms with E-state index in [2.05, 4.69) is 62.5 Å². The second-order valence-corrected chi connectivity index (χ2v) is 7.10. The third kappa shape index (κ3) is 2.86. The van der Waals surface area contributed by atoms with E-state index in [-0.39, 0.29) is 11.5 Å². The van der Waals surface area contributed by atoms with E-state index < -0.39 is 0 Å². The van der Waals surface area contributed by atoms with E-state index >= 15 is 0 Å². The first-order chi connectivity index (χ1) is 8.96. The molecule has 1 nitrogen and oxygen atoms in total. The maximum Gasteiger partial charge on any atom is 0.0960 e. The van der Waals surface area contributed by atoms with Gasteiger partial charge in [0.25, 0.3) is 0 Å². The van der Waals surface area contributed by atoms with Crippen molar-refractivity contribution in [3.05, 3.63) is 56.7 Å². The molecule has 0 amide bonds. The van der Waals surface area contributed by atoms with Gasteiger partial charge in [0, 0.05) is 10.3 Å². The van der Waals surface area contributed by atoms with Crippen molar-refractivity contribution in [2.75, 3.05) is 7.05 Å². The van der Waals surface area contributed by atoms with Crippen molar-refractivity contribution in [3.8, 4) is 0 Å². The lowest BCUT2D eigenvalue weighted by molar-refractivity contribution is 0.373. The van der Waals surface area contributed by atoms with Gasteiger partial charge in [0.1, 0.15) is 0 Å². The monoisotopic (exact) mass is 293 g/mol. The Hall–Kier alpha value is -0.830. The molecule has 1 N–H and O–H groups in total. The molecule has 0 saturated heterocycles. The molecule has 2 rings (SSSR count). The zero-order chi connectivity index (χ0) is 14.0. The van der Waals surface area contributed by atoms with E-state index in [0.717, 1.165) is 9.90 Å². The highest BCUT2D eigenvalue weighted by molar-refractivity contribution is 7.16. The van der Waals surface area contributed by atoms with Crippen LogP contribution in [0, 0.1) is 6.92 Å². The standard InChI is InChI=1S/C16H20ClNS/c1-11-10-13(19-15(11)17)14(18-4)16(2,3)12-8-6-5-7-9-12/h5-10,14,18H,1-4H3. The predicted molar refractivity (Wildman–Crippen MR) is 85.3 cm³/mol. The number of nitrogens with one attached hydrogen (secondary N) is 1. The SMILES string of the molecule is CNC(c1cc(C)c(Cl)s1)C(C)(C)c1ccccc1. The summed E-state index contributed by atoms with van der Waals surface area (Å²) in [6.07, 6.45) is 0. The first kappa shape index (κ1) is 14.6. The summed E-state index contributed by atoms with van der Waals surface area (Å²) in [5.41, 5.74) is 2.50. The van der Waals surface area contributed by atoms with E-state index in [4.69, 9.17) is 11.6 Å². The van der Waals surface area contributed by atoms with Crippen LogP contribution in [0.5, 0.6) is 0 Å². The summed E-state index contributed by atoms with van der Waals surface area (Å²) in [6, 6.07) is 13.1. The van der Waals surface area contributed by atoms with Gasteiger partial charge in [0.2, 0.25) is 0 Å². The summed E-state index contributed by atoms with van der Waals surface area (Å²) in [4.78, 5) is 1.29. The third-order valence-corrected chi connectivity index (χ3v) is 5.31. The Bertz CT molecular complexity index is 526. The van der Waals surface area contributed by atoms with Crippen molar-refractivity contribution >= 4 is 22.9 Å². The van der Waals surface area contributed by atoms with Crippen molar-refractivity contribution in [1.82, 2.24) is 5.32 Å². The van der Waals surface area contributed by atoms with Gasteiger partial charge < -0.3 is 5.32 Å². The van der Waals surface area contributed by atoms with Gasteiger partial charge in [-0.15, -0.1) is 11.3 Å². The van der Waals surface area contributed by atoms with Crippen LogP contribution in [0.15, 0.2) is 36.4 Å². The molecule has 0 aliphatic heterocycles. The molecule has 0 aliphatic rings. The zero-order valence-corrected chi connectivity index (χ0v) is 13.4. The molecular weight excluding hydrogens is 274 g/mol. The minimum Gasteiger partial charge on any atom is -0.312 e. The average Bonchev–Trinajstić information content (AvgIpc) is 2.71. The van der Waals surface area contributed by atoms with Crippen molar-refractivity contribution < 1.29 is 0 Å². The number of thiophene rings is 1. The molecule has 0 spiro atoms. The minimum absolute atomic E-state index is 0.0105. The fraction of sp³-hybridized carbons (Fsp3) is 0.375. The second kappa shape index (κ2) is 5.66. The van der Waals surface area contributed by atoms with Gasteiger partial charge in [-0.2, -0.15) is 0 Å². The summed E-state index contributed by atoms with van der Waals surface area (Å²) < 4.78 is 0.888. The van der Waals surface area contributed by atoms with Crippen LogP contribution < -0.4 is 5.32 Å². The lowest BCUT2D eigenvalue weighted by atomic mass is 9.77. The smallest absolute Gasteiger partial charge is 0.0960 e. The zero-order valence-electron chi connectivity index (χ0n) is 11.8. The molecule has 0 fully saturated rings. The van der Waals surface area contributed by atoms with E-state index in [9.17, 15) is 0 Å². The third-order valence-electron chi connectivity index (χ3n) is 3.69. The Labute approximate surface area is 124 Å². The van der Waals surface area contributed by atoms with Gasteiger partial charge in [-0.05, 0) is 31.2 Å². The van der Waals surface area contributed by atoms with Gasteiger partial charge in [-0.1, -0.05) is 55.8 Å². The highest BCUT2D eigenvalue weighted by Crippen LogP contribution is 2.41. The van der Waals surface area contributed by atoms with Crippen molar-refractivity contribution in [3.63, 3.8) is 0 Å². The van der Waals surface area contributed by atoms with Crippen molar-refractivity contribution in [2.24, 2.45) is 0 Å². The molecular formula is C16H20ClNS. The fourth-order valence-corrected chi connectivity index (χ4v) is 4.03. The molecule has 1 atom stereocenters. The Balaban J connectivity index is 2.41. The van der Waals surface area contributed by atoms with Crippen LogP contribution in [0.25, 0.3) is 0 Å².